The van der Waals surface area contributed by atoms with Gasteiger partial charge in [-0.25, -0.2) is 4.79 Å². The molecule has 0 saturated carbocycles. The molecule has 2 bridgehead atoms. The van der Waals surface area contributed by atoms with E-state index in [1.54, 1.807) is 0 Å². The number of piperidine rings is 1. The number of benzene rings is 2. The minimum absolute atomic E-state index is 0.271. The highest BCUT2D eigenvalue weighted by atomic mass is 16.5. The molecule has 2 aromatic carbocycles. The van der Waals surface area contributed by atoms with Gasteiger partial charge in [0.15, 0.2) is 0 Å². The first-order valence-corrected chi connectivity index (χ1v) is 10.2. The molecule has 2 aliphatic rings. The monoisotopic (exact) mass is 374 g/mol. The molecule has 0 aliphatic carbocycles. The minimum Gasteiger partial charge on any atom is -0.465 e. The van der Waals surface area contributed by atoms with E-state index in [0.717, 1.165) is 12.1 Å². The topological polar surface area (TPSA) is 34.5 Å². The molecule has 4 nitrogen and oxygen atoms in total. The first kappa shape index (κ1) is 17.5. The fourth-order valence-electron chi connectivity index (χ4n) is 5.24. The minimum atomic E-state index is -0.271. The summed E-state index contributed by atoms with van der Waals surface area (Å²) in [7, 11) is 1.44. The number of esters is 1. The molecule has 2 aliphatic heterocycles. The van der Waals surface area contributed by atoms with Crippen LogP contribution in [0.15, 0.2) is 60.8 Å². The van der Waals surface area contributed by atoms with Crippen LogP contribution in [0.4, 0.5) is 0 Å². The van der Waals surface area contributed by atoms with Gasteiger partial charge in [0.2, 0.25) is 0 Å². The third kappa shape index (κ3) is 3.02. The highest BCUT2D eigenvalue weighted by molar-refractivity contribution is 5.94. The zero-order chi connectivity index (χ0) is 19.1. The number of hydrogen-bond donors (Lipinski definition) is 0. The number of rotatable bonds is 4. The molecule has 4 heteroatoms. The number of fused-ring (bicyclic) bond motifs is 3. The predicted octanol–water partition coefficient (Wildman–Crippen LogP) is 4.80. The van der Waals surface area contributed by atoms with E-state index in [2.05, 4.69) is 52.1 Å². The Hall–Kier alpha value is -2.59. The number of aromatic nitrogens is 1. The molecular formula is C24H26N2O2. The number of hydrogen-bond acceptors (Lipinski definition) is 3. The van der Waals surface area contributed by atoms with Gasteiger partial charge in [-0.05, 0) is 54.8 Å². The Kier molecular flexibility index (Phi) is 4.44. The van der Waals surface area contributed by atoms with Gasteiger partial charge < -0.3 is 9.30 Å². The molecule has 5 rings (SSSR count). The molecule has 3 heterocycles. The third-order valence-electron chi connectivity index (χ3n) is 6.61. The van der Waals surface area contributed by atoms with Crippen molar-refractivity contribution in [3.8, 4) is 0 Å². The molecule has 1 unspecified atom stereocenters. The first-order chi connectivity index (χ1) is 13.7. The number of carbonyl (C=O) groups is 1. The molecule has 0 radical (unpaired) electrons. The molecule has 1 aromatic heterocycles. The highest BCUT2D eigenvalue weighted by Crippen LogP contribution is 2.42. The van der Waals surface area contributed by atoms with E-state index < -0.39 is 0 Å². The zero-order valence-corrected chi connectivity index (χ0v) is 16.3. The highest BCUT2D eigenvalue weighted by Gasteiger charge is 2.41. The van der Waals surface area contributed by atoms with E-state index in [-0.39, 0.29) is 5.97 Å². The van der Waals surface area contributed by atoms with Crippen molar-refractivity contribution < 1.29 is 9.53 Å². The molecule has 2 fully saturated rings. The Morgan fingerprint density at radius 2 is 1.75 bits per heavy atom. The van der Waals surface area contributed by atoms with E-state index in [0.29, 0.717) is 23.7 Å². The SMILES string of the molecule is COC(=O)c1ccc2ccn(C3C[C@H]4CC[C@@H](C3)N4Cc3ccccc3)c2c1. The molecule has 28 heavy (non-hydrogen) atoms. The standard InChI is InChI=1S/C24H26N2O2/c1-28-24(27)19-8-7-18-11-12-25(23(18)13-19)22-14-20-9-10-21(15-22)26(20)16-17-5-3-2-4-6-17/h2-8,11-13,20-22H,9-10,14-16H2,1H3/t20-,21+,22?. The van der Waals surface area contributed by atoms with Gasteiger partial charge in [-0.15, -0.1) is 0 Å². The summed E-state index contributed by atoms with van der Waals surface area (Å²) >= 11 is 0. The van der Waals surface area contributed by atoms with E-state index in [1.165, 1.54) is 43.7 Å². The van der Waals surface area contributed by atoms with Gasteiger partial charge in [0.25, 0.3) is 0 Å². The maximum atomic E-state index is 12.0. The molecule has 3 aromatic rings. The van der Waals surface area contributed by atoms with E-state index in [4.69, 9.17) is 4.74 Å². The Morgan fingerprint density at radius 3 is 2.46 bits per heavy atom. The van der Waals surface area contributed by atoms with Crippen molar-refractivity contribution in [3.63, 3.8) is 0 Å². The number of methoxy groups -OCH3 is 1. The number of ether oxygens (including phenoxy) is 1. The molecule has 2 saturated heterocycles. The van der Waals surface area contributed by atoms with Crippen LogP contribution in [0.3, 0.4) is 0 Å². The van der Waals surface area contributed by atoms with Crippen molar-refractivity contribution >= 4 is 16.9 Å². The van der Waals surface area contributed by atoms with Crippen LogP contribution in [0.25, 0.3) is 10.9 Å². The molecule has 0 spiro atoms. The fraction of sp³-hybridized carbons (Fsp3) is 0.375. The maximum Gasteiger partial charge on any atom is 0.337 e. The summed E-state index contributed by atoms with van der Waals surface area (Å²) in [6.45, 7) is 1.06. The summed E-state index contributed by atoms with van der Waals surface area (Å²) in [6, 6.07) is 20.6. The molecule has 0 amide bonds. The van der Waals surface area contributed by atoms with Crippen molar-refractivity contribution in [1.82, 2.24) is 9.47 Å². The van der Waals surface area contributed by atoms with E-state index in [9.17, 15) is 4.79 Å². The second-order valence-corrected chi connectivity index (χ2v) is 8.16. The summed E-state index contributed by atoms with van der Waals surface area (Å²) < 4.78 is 7.30. The van der Waals surface area contributed by atoms with Gasteiger partial charge in [-0.2, -0.15) is 0 Å². The van der Waals surface area contributed by atoms with Gasteiger partial charge >= 0.3 is 5.97 Å². The van der Waals surface area contributed by atoms with Gasteiger partial charge in [0, 0.05) is 36.4 Å². The van der Waals surface area contributed by atoms with Gasteiger partial charge in [0.1, 0.15) is 0 Å². The van der Waals surface area contributed by atoms with E-state index >= 15 is 0 Å². The quantitative estimate of drug-likeness (QED) is 0.616. The van der Waals surface area contributed by atoms with Crippen LogP contribution in [0.2, 0.25) is 0 Å². The average Bonchev–Trinajstić information content (AvgIpc) is 3.25. The lowest BCUT2D eigenvalue weighted by Gasteiger charge is -2.39. The molecular weight excluding hydrogens is 348 g/mol. The van der Waals surface area contributed by atoms with Crippen molar-refractivity contribution in [2.45, 2.75) is 50.4 Å². The Bertz CT molecular complexity index is 980. The Labute approximate surface area is 165 Å². The first-order valence-electron chi connectivity index (χ1n) is 10.2. The molecule has 144 valence electrons. The maximum absolute atomic E-state index is 12.0. The summed E-state index contributed by atoms with van der Waals surface area (Å²) in [6.07, 6.45) is 7.13. The lowest BCUT2D eigenvalue weighted by molar-refractivity contribution is 0.0601. The molecule has 0 N–H and O–H groups in total. The second-order valence-electron chi connectivity index (χ2n) is 8.16. The van der Waals surface area contributed by atoms with Crippen LogP contribution in [0.5, 0.6) is 0 Å². The smallest absolute Gasteiger partial charge is 0.337 e. The van der Waals surface area contributed by atoms with Crippen LogP contribution in [-0.2, 0) is 11.3 Å². The Morgan fingerprint density at radius 1 is 1.00 bits per heavy atom. The Balaban J connectivity index is 1.40. The third-order valence-corrected chi connectivity index (χ3v) is 6.61. The fourth-order valence-corrected chi connectivity index (χ4v) is 5.24. The average molecular weight is 374 g/mol. The van der Waals surface area contributed by atoms with Crippen molar-refractivity contribution in [3.05, 3.63) is 71.9 Å². The van der Waals surface area contributed by atoms with Crippen LogP contribution in [-0.4, -0.2) is 34.6 Å². The van der Waals surface area contributed by atoms with Crippen molar-refractivity contribution in [1.29, 1.82) is 0 Å². The van der Waals surface area contributed by atoms with Crippen LogP contribution >= 0.6 is 0 Å². The predicted molar refractivity (Wildman–Crippen MR) is 110 cm³/mol. The zero-order valence-electron chi connectivity index (χ0n) is 16.3. The van der Waals surface area contributed by atoms with Gasteiger partial charge in [0.05, 0.1) is 12.7 Å². The lowest BCUT2D eigenvalue weighted by atomic mass is 9.96. The van der Waals surface area contributed by atoms with Crippen LogP contribution in [0.1, 0.15) is 47.6 Å². The largest absolute Gasteiger partial charge is 0.465 e. The second kappa shape index (κ2) is 7.10. The summed E-state index contributed by atoms with van der Waals surface area (Å²) in [5.74, 6) is -0.271. The van der Waals surface area contributed by atoms with Crippen molar-refractivity contribution in [2.24, 2.45) is 0 Å². The van der Waals surface area contributed by atoms with Gasteiger partial charge in [-0.3, -0.25) is 4.90 Å². The molecule has 3 atom stereocenters. The lowest BCUT2D eigenvalue weighted by Crippen LogP contribution is -2.42. The van der Waals surface area contributed by atoms with Gasteiger partial charge in [-0.1, -0.05) is 36.4 Å². The van der Waals surface area contributed by atoms with Crippen LogP contribution < -0.4 is 0 Å². The van der Waals surface area contributed by atoms with Crippen LogP contribution in [0, 0.1) is 0 Å². The van der Waals surface area contributed by atoms with E-state index in [1.807, 2.05) is 18.2 Å². The number of nitrogens with zero attached hydrogens (tertiary/aromatic N) is 2. The summed E-state index contributed by atoms with van der Waals surface area (Å²) in [4.78, 5) is 14.7. The summed E-state index contributed by atoms with van der Waals surface area (Å²) in [5, 5.41) is 1.19. The normalized spacial score (nSPS) is 24.5. The van der Waals surface area contributed by atoms with Crippen molar-refractivity contribution in [2.75, 3.05) is 7.11 Å². The summed E-state index contributed by atoms with van der Waals surface area (Å²) in [5.41, 5.74) is 3.18. The number of carbonyl (C=O) groups excluding carboxylic acids is 1.